The quantitative estimate of drug-likeness (QED) is 0.653. The monoisotopic (exact) mass is 220 g/mol. The molecule has 0 fully saturated rings. The zero-order valence-electron chi connectivity index (χ0n) is 8.30. The summed E-state index contributed by atoms with van der Waals surface area (Å²) in [7, 11) is 2.14. The standard InChI is InChI=1S/C9H10F2O4/c1-14-7(12)5-3-9(10,11)4-6(5)8(13)15-2/h3-4H2,1-2H3. The molecule has 0 bridgehead atoms. The number of hydrogen-bond acceptors (Lipinski definition) is 4. The number of methoxy groups -OCH3 is 2. The first kappa shape index (κ1) is 11.6. The Morgan fingerprint density at radius 3 is 1.67 bits per heavy atom. The molecule has 1 aliphatic rings. The lowest BCUT2D eigenvalue weighted by atomic mass is 10.1. The Labute approximate surface area is 84.8 Å². The normalized spacial score (nSPS) is 18.9. The molecule has 1 aliphatic carbocycles. The fraction of sp³-hybridized carbons (Fsp3) is 0.556. The highest BCUT2D eigenvalue weighted by atomic mass is 19.3. The summed E-state index contributed by atoms with van der Waals surface area (Å²) in [6.45, 7) is 0. The van der Waals surface area contributed by atoms with Crippen LogP contribution in [0.1, 0.15) is 12.8 Å². The van der Waals surface area contributed by atoms with E-state index in [1.807, 2.05) is 0 Å². The van der Waals surface area contributed by atoms with Crippen LogP contribution in [-0.2, 0) is 19.1 Å². The van der Waals surface area contributed by atoms with E-state index < -0.39 is 30.7 Å². The van der Waals surface area contributed by atoms with E-state index in [9.17, 15) is 18.4 Å². The van der Waals surface area contributed by atoms with Crippen molar-refractivity contribution in [2.24, 2.45) is 0 Å². The maximum Gasteiger partial charge on any atom is 0.334 e. The summed E-state index contributed by atoms with van der Waals surface area (Å²) in [6, 6.07) is 0. The number of halogens is 2. The van der Waals surface area contributed by atoms with Gasteiger partial charge in [0.05, 0.1) is 25.4 Å². The molecule has 0 aromatic heterocycles. The molecule has 1 rings (SSSR count). The fourth-order valence-electron chi connectivity index (χ4n) is 1.43. The first-order valence-electron chi connectivity index (χ1n) is 4.18. The van der Waals surface area contributed by atoms with Crippen molar-refractivity contribution in [2.75, 3.05) is 14.2 Å². The van der Waals surface area contributed by atoms with Crippen LogP contribution >= 0.6 is 0 Å². The SMILES string of the molecule is COC(=O)C1=C(C(=O)OC)CC(F)(F)C1. The van der Waals surface area contributed by atoms with Crippen LogP contribution in [0.25, 0.3) is 0 Å². The number of hydrogen-bond donors (Lipinski definition) is 0. The Bertz CT molecular complexity index is 303. The topological polar surface area (TPSA) is 52.6 Å². The maximum atomic E-state index is 13.0. The maximum absolute atomic E-state index is 13.0. The van der Waals surface area contributed by atoms with Crippen LogP contribution in [0.15, 0.2) is 11.1 Å². The largest absolute Gasteiger partial charge is 0.466 e. The minimum absolute atomic E-state index is 0.297. The molecule has 0 amide bonds. The summed E-state index contributed by atoms with van der Waals surface area (Å²) in [4.78, 5) is 22.2. The Balaban J connectivity index is 3.03. The number of rotatable bonds is 2. The lowest BCUT2D eigenvalue weighted by Gasteiger charge is -2.06. The molecule has 0 unspecified atom stereocenters. The smallest absolute Gasteiger partial charge is 0.334 e. The summed E-state index contributed by atoms with van der Waals surface area (Å²) in [5.74, 6) is -4.90. The third-order valence-corrected chi connectivity index (χ3v) is 2.10. The molecule has 0 saturated heterocycles. The zero-order chi connectivity index (χ0) is 11.6. The van der Waals surface area contributed by atoms with Gasteiger partial charge in [0.25, 0.3) is 5.92 Å². The van der Waals surface area contributed by atoms with E-state index in [-0.39, 0.29) is 11.1 Å². The molecule has 0 atom stereocenters. The minimum Gasteiger partial charge on any atom is -0.466 e. The van der Waals surface area contributed by atoms with Gasteiger partial charge < -0.3 is 9.47 Å². The van der Waals surface area contributed by atoms with Crippen LogP contribution in [0.4, 0.5) is 8.78 Å². The highest BCUT2D eigenvalue weighted by molar-refractivity contribution is 6.01. The molecule has 0 aromatic rings. The van der Waals surface area contributed by atoms with Gasteiger partial charge in [-0.25, -0.2) is 18.4 Å². The van der Waals surface area contributed by atoms with Crippen LogP contribution in [0.2, 0.25) is 0 Å². The Kier molecular flexibility index (Phi) is 3.06. The third-order valence-electron chi connectivity index (χ3n) is 2.10. The molecule has 6 heteroatoms. The van der Waals surface area contributed by atoms with Gasteiger partial charge in [-0.1, -0.05) is 0 Å². The summed E-state index contributed by atoms with van der Waals surface area (Å²) in [5.41, 5.74) is -0.594. The Hall–Kier alpha value is -1.46. The summed E-state index contributed by atoms with van der Waals surface area (Å²) < 4.78 is 34.6. The van der Waals surface area contributed by atoms with Crippen molar-refractivity contribution < 1.29 is 27.8 Å². The second kappa shape index (κ2) is 3.96. The lowest BCUT2D eigenvalue weighted by Crippen LogP contribution is -2.13. The van der Waals surface area contributed by atoms with Crippen molar-refractivity contribution in [1.82, 2.24) is 0 Å². The molecular formula is C9H10F2O4. The van der Waals surface area contributed by atoms with Gasteiger partial charge in [-0.2, -0.15) is 0 Å². The number of carbonyl (C=O) groups is 2. The van der Waals surface area contributed by atoms with E-state index >= 15 is 0 Å². The number of alkyl halides is 2. The van der Waals surface area contributed by atoms with Gasteiger partial charge in [0.15, 0.2) is 0 Å². The predicted octanol–water partition coefficient (Wildman–Crippen LogP) is 1.06. The molecule has 0 aromatic carbocycles. The summed E-state index contributed by atoms with van der Waals surface area (Å²) >= 11 is 0. The van der Waals surface area contributed by atoms with Gasteiger partial charge in [0.2, 0.25) is 0 Å². The molecule has 15 heavy (non-hydrogen) atoms. The average molecular weight is 220 g/mol. The third kappa shape index (κ3) is 2.31. The molecule has 0 spiro atoms. The second-order valence-corrected chi connectivity index (χ2v) is 3.15. The van der Waals surface area contributed by atoms with Crippen LogP contribution < -0.4 is 0 Å². The number of carbonyl (C=O) groups excluding carboxylic acids is 2. The molecule has 0 radical (unpaired) electrons. The van der Waals surface area contributed by atoms with Gasteiger partial charge in [0, 0.05) is 12.8 Å². The van der Waals surface area contributed by atoms with Crippen molar-refractivity contribution >= 4 is 11.9 Å². The Morgan fingerprint density at radius 2 is 1.40 bits per heavy atom. The van der Waals surface area contributed by atoms with Crippen LogP contribution in [0.3, 0.4) is 0 Å². The lowest BCUT2D eigenvalue weighted by molar-refractivity contribution is -0.139. The van der Waals surface area contributed by atoms with Crippen molar-refractivity contribution in [3.63, 3.8) is 0 Å². The first-order valence-corrected chi connectivity index (χ1v) is 4.18. The van der Waals surface area contributed by atoms with Crippen molar-refractivity contribution in [1.29, 1.82) is 0 Å². The van der Waals surface area contributed by atoms with Gasteiger partial charge in [-0.15, -0.1) is 0 Å². The average Bonchev–Trinajstić information content (AvgIpc) is 2.52. The molecule has 0 aliphatic heterocycles. The van der Waals surface area contributed by atoms with E-state index in [2.05, 4.69) is 9.47 Å². The zero-order valence-corrected chi connectivity index (χ0v) is 8.30. The van der Waals surface area contributed by atoms with E-state index in [4.69, 9.17) is 0 Å². The van der Waals surface area contributed by atoms with Gasteiger partial charge in [0.1, 0.15) is 0 Å². The van der Waals surface area contributed by atoms with Crippen molar-refractivity contribution in [3.8, 4) is 0 Å². The highest BCUT2D eigenvalue weighted by Crippen LogP contribution is 2.40. The summed E-state index contributed by atoms with van der Waals surface area (Å²) in [5, 5.41) is 0. The molecule has 0 N–H and O–H groups in total. The second-order valence-electron chi connectivity index (χ2n) is 3.15. The highest BCUT2D eigenvalue weighted by Gasteiger charge is 2.44. The van der Waals surface area contributed by atoms with Gasteiger partial charge in [-0.05, 0) is 0 Å². The predicted molar refractivity (Wildman–Crippen MR) is 45.2 cm³/mol. The molecule has 0 saturated carbocycles. The fourth-order valence-corrected chi connectivity index (χ4v) is 1.43. The van der Waals surface area contributed by atoms with E-state index in [0.717, 1.165) is 14.2 Å². The molecule has 4 nitrogen and oxygen atoms in total. The van der Waals surface area contributed by atoms with Gasteiger partial charge >= 0.3 is 11.9 Å². The number of ether oxygens (including phenoxy) is 2. The number of esters is 2. The van der Waals surface area contributed by atoms with E-state index in [0.29, 0.717) is 0 Å². The van der Waals surface area contributed by atoms with Crippen molar-refractivity contribution in [2.45, 2.75) is 18.8 Å². The van der Waals surface area contributed by atoms with Gasteiger partial charge in [-0.3, -0.25) is 0 Å². The van der Waals surface area contributed by atoms with Crippen molar-refractivity contribution in [3.05, 3.63) is 11.1 Å². The molecule has 0 heterocycles. The molecular weight excluding hydrogens is 210 g/mol. The molecule has 84 valence electrons. The van der Waals surface area contributed by atoms with Crippen LogP contribution in [-0.4, -0.2) is 32.1 Å². The minimum atomic E-state index is -3.08. The van der Waals surface area contributed by atoms with E-state index in [1.54, 1.807) is 0 Å². The van der Waals surface area contributed by atoms with E-state index in [1.165, 1.54) is 0 Å². The Morgan fingerprint density at radius 1 is 1.07 bits per heavy atom. The first-order chi connectivity index (χ1) is 6.91. The summed E-state index contributed by atoms with van der Waals surface area (Å²) in [6.07, 6.45) is -1.55. The van der Waals surface area contributed by atoms with Crippen LogP contribution in [0.5, 0.6) is 0 Å². The van der Waals surface area contributed by atoms with Crippen LogP contribution in [0, 0.1) is 0 Å².